The fourth-order valence-corrected chi connectivity index (χ4v) is 2.27. The summed E-state index contributed by atoms with van der Waals surface area (Å²) in [5.74, 6) is -2.07. The van der Waals surface area contributed by atoms with Crippen molar-refractivity contribution in [2.45, 2.75) is 18.5 Å². The molecule has 0 bridgehead atoms. The Morgan fingerprint density at radius 3 is 2.93 bits per heavy atom. The summed E-state index contributed by atoms with van der Waals surface area (Å²) in [6.45, 7) is 0. The Hall–Kier alpha value is -0.900. The second-order valence-corrected chi connectivity index (χ2v) is 4.29. The van der Waals surface area contributed by atoms with Crippen LogP contribution in [-0.4, -0.2) is 17.2 Å². The molecule has 74 valence electrons. The number of carbonyl (C=O) groups is 1. The third-order valence-electron chi connectivity index (χ3n) is 2.48. The molecule has 14 heavy (non-hydrogen) atoms. The Morgan fingerprint density at radius 1 is 1.57 bits per heavy atom. The van der Waals surface area contributed by atoms with E-state index in [2.05, 4.69) is 15.9 Å². The van der Waals surface area contributed by atoms with Crippen LogP contribution in [0.2, 0.25) is 0 Å². The molecular weight excluding hydrogens is 251 g/mol. The quantitative estimate of drug-likeness (QED) is 0.841. The van der Waals surface area contributed by atoms with Gasteiger partial charge in [0, 0.05) is 10.9 Å². The highest BCUT2D eigenvalue weighted by Gasteiger charge is 2.37. The smallest absolute Gasteiger partial charge is 0.313 e. The number of fused-ring (bicyclic) bond motifs is 1. The molecular formula is C10H8BrFO2. The topological polar surface area (TPSA) is 37.3 Å². The lowest BCUT2D eigenvalue weighted by Gasteiger charge is -2.07. The number of halogens is 2. The number of hydrogen-bond donors (Lipinski definition) is 1. The van der Waals surface area contributed by atoms with Crippen LogP contribution in [0.3, 0.4) is 0 Å². The van der Waals surface area contributed by atoms with Gasteiger partial charge in [-0.1, -0.05) is 22.0 Å². The van der Waals surface area contributed by atoms with Crippen LogP contribution in [-0.2, 0) is 11.2 Å². The molecule has 2 unspecified atom stereocenters. The van der Waals surface area contributed by atoms with E-state index in [-0.39, 0.29) is 6.42 Å². The highest BCUT2D eigenvalue weighted by Crippen LogP contribution is 2.36. The predicted molar refractivity (Wildman–Crippen MR) is 53.1 cm³/mol. The van der Waals surface area contributed by atoms with Gasteiger partial charge in [0.1, 0.15) is 12.1 Å². The van der Waals surface area contributed by atoms with Crippen LogP contribution in [0.25, 0.3) is 0 Å². The summed E-state index contributed by atoms with van der Waals surface area (Å²) in [6, 6.07) is 5.20. The van der Waals surface area contributed by atoms with Gasteiger partial charge < -0.3 is 5.11 Å². The van der Waals surface area contributed by atoms with Crippen molar-refractivity contribution < 1.29 is 14.3 Å². The molecule has 1 aliphatic carbocycles. The average molecular weight is 259 g/mol. The summed E-state index contributed by atoms with van der Waals surface area (Å²) in [7, 11) is 0. The van der Waals surface area contributed by atoms with E-state index in [0.717, 1.165) is 10.0 Å². The van der Waals surface area contributed by atoms with Crippen LogP contribution in [0.1, 0.15) is 17.0 Å². The third kappa shape index (κ3) is 1.43. The van der Waals surface area contributed by atoms with Crippen molar-refractivity contribution >= 4 is 21.9 Å². The summed E-state index contributed by atoms with van der Waals surface area (Å²) in [6.07, 6.45) is -1.09. The van der Waals surface area contributed by atoms with E-state index in [0.29, 0.717) is 5.56 Å². The fourth-order valence-electron chi connectivity index (χ4n) is 1.87. The van der Waals surface area contributed by atoms with Gasteiger partial charge in [-0.05, 0) is 23.3 Å². The summed E-state index contributed by atoms with van der Waals surface area (Å²) >= 11 is 3.27. The Bertz CT molecular complexity index is 392. The number of rotatable bonds is 1. The molecule has 0 aliphatic heterocycles. The van der Waals surface area contributed by atoms with Crippen molar-refractivity contribution in [3.05, 3.63) is 33.8 Å². The van der Waals surface area contributed by atoms with Crippen LogP contribution in [0, 0.1) is 0 Å². The molecule has 1 aliphatic rings. The molecule has 0 saturated heterocycles. The van der Waals surface area contributed by atoms with Crippen LogP contribution in [0.5, 0.6) is 0 Å². The van der Waals surface area contributed by atoms with Crippen molar-refractivity contribution in [1.29, 1.82) is 0 Å². The molecule has 0 radical (unpaired) electrons. The summed E-state index contributed by atoms with van der Waals surface area (Å²) in [5, 5.41) is 8.85. The van der Waals surface area contributed by atoms with Crippen LogP contribution in [0.4, 0.5) is 4.39 Å². The second kappa shape index (κ2) is 3.35. The van der Waals surface area contributed by atoms with Gasteiger partial charge in [-0.2, -0.15) is 0 Å². The molecule has 0 fully saturated rings. The lowest BCUT2D eigenvalue weighted by atomic mass is 10.0. The molecule has 0 heterocycles. The molecule has 4 heteroatoms. The van der Waals surface area contributed by atoms with E-state index in [9.17, 15) is 9.18 Å². The van der Waals surface area contributed by atoms with Crippen molar-refractivity contribution in [2.75, 3.05) is 0 Å². The van der Waals surface area contributed by atoms with Gasteiger partial charge in [0.05, 0.1) is 0 Å². The first-order valence-electron chi connectivity index (χ1n) is 4.25. The molecule has 2 rings (SSSR count). The van der Waals surface area contributed by atoms with E-state index >= 15 is 0 Å². The molecule has 1 aromatic carbocycles. The fraction of sp³-hybridized carbons (Fsp3) is 0.300. The van der Waals surface area contributed by atoms with Crippen molar-refractivity contribution in [3.63, 3.8) is 0 Å². The summed E-state index contributed by atoms with van der Waals surface area (Å²) in [4.78, 5) is 10.8. The van der Waals surface area contributed by atoms with E-state index in [1.54, 1.807) is 18.2 Å². The lowest BCUT2D eigenvalue weighted by Crippen LogP contribution is -2.17. The van der Waals surface area contributed by atoms with Crippen LogP contribution in [0.15, 0.2) is 22.7 Å². The number of benzene rings is 1. The van der Waals surface area contributed by atoms with Gasteiger partial charge in [-0.3, -0.25) is 4.79 Å². The number of aliphatic carboxylic acids is 1. The molecule has 0 saturated carbocycles. The minimum atomic E-state index is -1.29. The van der Waals surface area contributed by atoms with Crippen molar-refractivity contribution in [3.8, 4) is 0 Å². The first kappa shape index (κ1) is 9.65. The Balaban J connectivity index is 2.48. The number of carboxylic acids is 1. The Morgan fingerprint density at radius 2 is 2.29 bits per heavy atom. The molecule has 0 amide bonds. The maximum absolute atomic E-state index is 13.4. The Kier molecular flexibility index (Phi) is 2.31. The number of alkyl halides is 1. The highest BCUT2D eigenvalue weighted by molar-refractivity contribution is 9.10. The average Bonchev–Trinajstić information content (AvgIpc) is 2.39. The van der Waals surface area contributed by atoms with Gasteiger partial charge in [0.15, 0.2) is 0 Å². The SMILES string of the molecule is O=C(O)C1c2ccc(Br)cc2CC1F. The zero-order valence-electron chi connectivity index (χ0n) is 7.21. The zero-order chi connectivity index (χ0) is 10.3. The van der Waals surface area contributed by atoms with E-state index < -0.39 is 18.1 Å². The van der Waals surface area contributed by atoms with E-state index in [1.165, 1.54) is 0 Å². The van der Waals surface area contributed by atoms with Gasteiger partial charge in [-0.15, -0.1) is 0 Å². The molecule has 0 aromatic heterocycles. The van der Waals surface area contributed by atoms with Crippen LogP contribution >= 0.6 is 15.9 Å². The highest BCUT2D eigenvalue weighted by atomic mass is 79.9. The normalized spacial score (nSPS) is 24.7. The second-order valence-electron chi connectivity index (χ2n) is 3.38. The lowest BCUT2D eigenvalue weighted by molar-refractivity contribution is -0.140. The van der Waals surface area contributed by atoms with Gasteiger partial charge in [0.25, 0.3) is 0 Å². The monoisotopic (exact) mass is 258 g/mol. The first-order chi connectivity index (χ1) is 6.59. The van der Waals surface area contributed by atoms with Crippen molar-refractivity contribution in [1.82, 2.24) is 0 Å². The largest absolute Gasteiger partial charge is 0.481 e. The van der Waals surface area contributed by atoms with Crippen molar-refractivity contribution in [2.24, 2.45) is 0 Å². The Labute approximate surface area is 88.9 Å². The summed E-state index contributed by atoms with van der Waals surface area (Å²) < 4.78 is 14.2. The predicted octanol–water partition coefficient (Wildman–Crippen LogP) is 2.51. The van der Waals surface area contributed by atoms with Gasteiger partial charge in [-0.25, -0.2) is 4.39 Å². The van der Waals surface area contributed by atoms with E-state index in [4.69, 9.17) is 5.11 Å². The van der Waals surface area contributed by atoms with E-state index in [1.807, 2.05) is 0 Å². The minimum Gasteiger partial charge on any atom is -0.481 e. The molecule has 1 aromatic rings. The zero-order valence-corrected chi connectivity index (χ0v) is 8.79. The standard InChI is InChI=1S/C10H8BrFO2/c11-6-1-2-7-5(3-6)4-8(12)9(7)10(13)14/h1-3,8-9H,4H2,(H,13,14). The number of hydrogen-bond acceptors (Lipinski definition) is 1. The summed E-state index contributed by atoms with van der Waals surface area (Å²) in [5.41, 5.74) is 1.40. The molecule has 2 atom stereocenters. The number of carboxylic acid groups (broad SMARTS) is 1. The van der Waals surface area contributed by atoms with Gasteiger partial charge in [0.2, 0.25) is 0 Å². The third-order valence-corrected chi connectivity index (χ3v) is 2.98. The van der Waals surface area contributed by atoms with Gasteiger partial charge >= 0.3 is 5.97 Å². The minimum absolute atomic E-state index is 0.200. The molecule has 1 N–H and O–H groups in total. The molecule has 2 nitrogen and oxygen atoms in total. The first-order valence-corrected chi connectivity index (χ1v) is 5.04. The maximum atomic E-state index is 13.4. The molecule has 0 spiro atoms. The van der Waals surface area contributed by atoms with Crippen LogP contribution < -0.4 is 0 Å². The maximum Gasteiger partial charge on any atom is 0.313 e.